The van der Waals surface area contributed by atoms with E-state index in [1.54, 1.807) is 6.20 Å². The predicted octanol–water partition coefficient (Wildman–Crippen LogP) is 1.01. The summed E-state index contributed by atoms with van der Waals surface area (Å²) >= 11 is 1.52. The van der Waals surface area contributed by atoms with Crippen LogP contribution in [0.1, 0.15) is 19.3 Å². The van der Waals surface area contributed by atoms with Crippen LogP contribution in [0.2, 0.25) is 0 Å². The molecule has 0 aromatic carbocycles. The highest BCUT2D eigenvalue weighted by Crippen LogP contribution is 2.41. The molecule has 22 heavy (non-hydrogen) atoms. The van der Waals surface area contributed by atoms with E-state index in [0.29, 0.717) is 6.54 Å². The molecule has 1 unspecified atom stereocenters. The molecule has 2 saturated heterocycles. The van der Waals surface area contributed by atoms with E-state index in [9.17, 15) is 4.79 Å². The second-order valence-electron chi connectivity index (χ2n) is 5.97. The van der Waals surface area contributed by atoms with Crippen molar-refractivity contribution in [3.8, 4) is 0 Å². The second kappa shape index (κ2) is 6.42. The van der Waals surface area contributed by atoms with Gasteiger partial charge in [-0.3, -0.25) is 4.79 Å². The van der Waals surface area contributed by atoms with E-state index in [1.807, 2.05) is 17.2 Å². The Morgan fingerprint density at radius 2 is 2.27 bits per heavy atom. The zero-order valence-corrected chi connectivity index (χ0v) is 13.7. The smallest absolute Gasteiger partial charge is 0.230 e. The van der Waals surface area contributed by atoms with E-state index in [2.05, 4.69) is 14.9 Å². The Balaban J connectivity index is 1.76. The van der Waals surface area contributed by atoms with Crippen molar-refractivity contribution in [1.82, 2.24) is 14.9 Å². The minimum Gasteiger partial charge on any atom is -0.395 e. The molecule has 0 saturated carbocycles. The lowest BCUT2D eigenvalue weighted by molar-refractivity contribution is -0.145. The van der Waals surface area contributed by atoms with Crippen molar-refractivity contribution in [2.45, 2.75) is 24.4 Å². The van der Waals surface area contributed by atoms with Crippen LogP contribution in [0.25, 0.3) is 0 Å². The average molecular weight is 322 g/mol. The summed E-state index contributed by atoms with van der Waals surface area (Å²) in [7, 11) is 0. The van der Waals surface area contributed by atoms with Crippen LogP contribution < -0.4 is 4.90 Å². The van der Waals surface area contributed by atoms with Crippen LogP contribution in [-0.4, -0.2) is 64.9 Å². The number of hydrogen-bond acceptors (Lipinski definition) is 6. The van der Waals surface area contributed by atoms with E-state index in [-0.39, 0.29) is 17.9 Å². The Hall–Kier alpha value is -1.34. The largest absolute Gasteiger partial charge is 0.395 e. The number of anilines is 1. The van der Waals surface area contributed by atoms with Gasteiger partial charge in [-0.15, -0.1) is 0 Å². The molecule has 2 aliphatic rings. The van der Waals surface area contributed by atoms with Gasteiger partial charge in [0.05, 0.1) is 12.0 Å². The number of carbonyl (C=O) groups excluding carboxylic acids is 1. The summed E-state index contributed by atoms with van der Waals surface area (Å²) in [6.45, 7) is 2.83. The summed E-state index contributed by atoms with van der Waals surface area (Å²) in [5.41, 5.74) is -0.294. The van der Waals surface area contributed by atoms with E-state index in [0.717, 1.165) is 49.9 Å². The van der Waals surface area contributed by atoms with Gasteiger partial charge in [0.2, 0.25) is 5.91 Å². The van der Waals surface area contributed by atoms with Crippen molar-refractivity contribution in [2.24, 2.45) is 5.41 Å². The van der Waals surface area contributed by atoms with Gasteiger partial charge in [-0.25, -0.2) is 9.97 Å². The zero-order chi connectivity index (χ0) is 15.6. The van der Waals surface area contributed by atoms with E-state index in [1.165, 1.54) is 11.8 Å². The van der Waals surface area contributed by atoms with Crippen molar-refractivity contribution in [3.63, 3.8) is 0 Å². The number of piperidine rings is 1. The number of nitrogens with zero attached hydrogens (tertiary/aromatic N) is 4. The number of β-amino-alcohol motifs (C(OH)–C–C–N with tert-alkyl or cyclic N) is 1. The standard InChI is InChI=1S/C15H22N4O2S/c1-22-14-16-6-3-12(17-14)19-8-5-15(11-19)4-2-7-18(9-10-20)13(15)21/h3,6,20H,2,4-5,7-11H2,1H3. The van der Waals surface area contributed by atoms with Crippen molar-refractivity contribution in [1.29, 1.82) is 0 Å². The monoisotopic (exact) mass is 322 g/mol. The van der Waals surface area contributed by atoms with Gasteiger partial charge in [0.25, 0.3) is 0 Å². The molecule has 3 rings (SSSR count). The SMILES string of the molecule is CSc1nccc(N2CCC3(CCCN(CCO)C3=O)C2)n1. The first kappa shape index (κ1) is 15.6. The highest BCUT2D eigenvalue weighted by molar-refractivity contribution is 7.98. The second-order valence-corrected chi connectivity index (χ2v) is 6.75. The number of thioether (sulfide) groups is 1. The fraction of sp³-hybridized carbons (Fsp3) is 0.667. The van der Waals surface area contributed by atoms with E-state index >= 15 is 0 Å². The van der Waals surface area contributed by atoms with Crippen molar-refractivity contribution >= 4 is 23.5 Å². The number of rotatable bonds is 4. The number of aliphatic hydroxyl groups excluding tert-OH is 1. The van der Waals surface area contributed by atoms with Crippen LogP contribution in [0, 0.1) is 5.41 Å². The fourth-order valence-electron chi connectivity index (χ4n) is 3.54. The Morgan fingerprint density at radius 3 is 3.05 bits per heavy atom. The minimum absolute atomic E-state index is 0.0362. The molecule has 0 radical (unpaired) electrons. The number of amides is 1. The van der Waals surface area contributed by atoms with Crippen molar-refractivity contribution in [3.05, 3.63) is 12.3 Å². The molecule has 1 N–H and O–H groups in total. The summed E-state index contributed by atoms with van der Waals surface area (Å²) in [5, 5.41) is 9.89. The van der Waals surface area contributed by atoms with E-state index in [4.69, 9.17) is 5.11 Å². The molecule has 1 atom stereocenters. The summed E-state index contributed by atoms with van der Waals surface area (Å²) in [4.78, 5) is 25.6. The van der Waals surface area contributed by atoms with Crippen LogP contribution >= 0.6 is 11.8 Å². The number of hydrogen-bond donors (Lipinski definition) is 1. The molecule has 2 aliphatic heterocycles. The third kappa shape index (κ3) is 2.79. The summed E-state index contributed by atoms with van der Waals surface area (Å²) in [6, 6.07) is 1.91. The maximum Gasteiger partial charge on any atom is 0.230 e. The first-order chi connectivity index (χ1) is 10.7. The van der Waals surface area contributed by atoms with Gasteiger partial charge in [-0.2, -0.15) is 0 Å². The highest BCUT2D eigenvalue weighted by atomic mass is 32.2. The van der Waals surface area contributed by atoms with Crippen LogP contribution in [0.4, 0.5) is 5.82 Å². The average Bonchev–Trinajstić information content (AvgIpc) is 2.97. The topological polar surface area (TPSA) is 69.6 Å². The van der Waals surface area contributed by atoms with Crippen molar-refractivity contribution in [2.75, 3.05) is 43.9 Å². The molecule has 1 aromatic heterocycles. The molecule has 6 nitrogen and oxygen atoms in total. The number of aliphatic hydroxyl groups is 1. The summed E-state index contributed by atoms with van der Waals surface area (Å²) in [5.74, 6) is 1.11. The normalized spacial score (nSPS) is 25.3. The first-order valence-corrected chi connectivity index (χ1v) is 8.93. The lowest BCUT2D eigenvalue weighted by Crippen LogP contribution is -2.50. The summed E-state index contributed by atoms with van der Waals surface area (Å²) < 4.78 is 0. The Labute approximate surface area is 134 Å². The van der Waals surface area contributed by atoms with Gasteiger partial charge in [0.1, 0.15) is 5.82 Å². The lowest BCUT2D eigenvalue weighted by atomic mass is 9.78. The molecule has 7 heteroatoms. The molecule has 120 valence electrons. The highest BCUT2D eigenvalue weighted by Gasteiger charge is 2.48. The van der Waals surface area contributed by atoms with Gasteiger partial charge in [-0.1, -0.05) is 11.8 Å². The Bertz CT molecular complexity index is 554. The number of aromatic nitrogens is 2. The van der Waals surface area contributed by atoms with Gasteiger partial charge < -0.3 is 14.9 Å². The van der Waals surface area contributed by atoms with Crippen LogP contribution in [0.5, 0.6) is 0 Å². The quantitative estimate of drug-likeness (QED) is 0.659. The predicted molar refractivity (Wildman–Crippen MR) is 86.0 cm³/mol. The third-order valence-electron chi connectivity index (χ3n) is 4.67. The zero-order valence-electron chi connectivity index (χ0n) is 12.9. The van der Waals surface area contributed by atoms with Gasteiger partial charge >= 0.3 is 0 Å². The van der Waals surface area contributed by atoms with Crippen LogP contribution in [0.15, 0.2) is 17.4 Å². The van der Waals surface area contributed by atoms with Crippen molar-refractivity contribution < 1.29 is 9.90 Å². The molecule has 0 aliphatic carbocycles. The van der Waals surface area contributed by atoms with E-state index < -0.39 is 0 Å². The number of likely N-dealkylation sites (tertiary alicyclic amines) is 1. The molecular weight excluding hydrogens is 300 g/mol. The maximum atomic E-state index is 12.8. The molecule has 3 heterocycles. The molecule has 1 amide bonds. The molecule has 0 bridgehead atoms. The van der Waals surface area contributed by atoms with Gasteiger partial charge in [0, 0.05) is 32.4 Å². The van der Waals surface area contributed by atoms with Crippen LogP contribution in [0.3, 0.4) is 0 Å². The Morgan fingerprint density at radius 1 is 1.41 bits per heavy atom. The number of carbonyl (C=O) groups is 1. The fourth-order valence-corrected chi connectivity index (χ4v) is 3.89. The van der Waals surface area contributed by atoms with Gasteiger partial charge in [0.15, 0.2) is 5.16 Å². The van der Waals surface area contributed by atoms with Crippen LogP contribution in [-0.2, 0) is 4.79 Å². The Kier molecular flexibility index (Phi) is 4.54. The minimum atomic E-state index is -0.294. The summed E-state index contributed by atoms with van der Waals surface area (Å²) in [6.07, 6.45) is 6.55. The van der Waals surface area contributed by atoms with Gasteiger partial charge in [-0.05, 0) is 31.6 Å². The lowest BCUT2D eigenvalue weighted by Gasteiger charge is -2.39. The molecular formula is C15H22N4O2S. The maximum absolute atomic E-state index is 12.8. The molecule has 1 spiro atoms. The molecule has 1 aromatic rings. The molecule has 2 fully saturated rings. The first-order valence-electron chi connectivity index (χ1n) is 7.71. The third-order valence-corrected chi connectivity index (χ3v) is 5.24.